The van der Waals surface area contributed by atoms with Crippen LogP contribution in [0.2, 0.25) is 5.02 Å². The van der Waals surface area contributed by atoms with Gasteiger partial charge in [0.2, 0.25) is 6.04 Å². The van der Waals surface area contributed by atoms with Gasteiger partial charge in [0.15, 0.2) is 5.78 Å². The molecule has 2 aromatic carbocycles. The lowest BCUT2D eigenvalue weighted by atomic mass is 10.2. The van der Waals surface area contributed by atoms with E-state index in [1.165, 1.54) is 33.3 Å². The van der Waals surface area contributed by atoms with Crippen molar-refractivity contribution in [2.24, 2.45) is 10.2 Å². The number of carbonyl (C=O) groups excluding carboxylic acids is 2. The predicted molar refractivity (Wildman–Crippen MR) is 121 cm³/mol. The van der Waals surface area contributed by atoms with Crippen molar-refractivity contribution in [1.29, 1.82) is 0 Å². The van der Waals surface area contributed by atoms with Crippen LogP contribution >= 0.6 is 11.6 Å². The third-order valence-corrected chi connectivity index (χ3v) is 4.49. The lowest BCUT2D eigenvalue weighted by molar-refractivity contribution is -0.126. The Hall–Kier alpha value is -3.33. The highest BCUT2D eigenvalue weighted by Gasteiger charge is 2.25. The molecule has 1 amide bonds. The van der Waals surface area contributed by atoms with Crippen LogP contribution in [0.25, 0.3) is 0 Å². The summed E-state index contributed by atoms with van der Waals surface area (Å²) in [5, 5.41) is 11.0. The Morgan fingerprint density at radius 2 is 1.69 bits per heavy atom. The molecule has 0 aliphatic carbocycles. The average Bonchev–Trinajstić information content (AvgIpc) is 2.76. The highest BCUT2D eigenvalue weighted by molar-refractivity contribution is 6.32. The summed E-state index contributed by atoms with van der Waals surface area (Å²) in [6, 6.07) is 6.60. The fourth-order valence-corrected chi connectivity index (χ4v) is 2.90. The first-order valence-electron chi connectivity index (χ1n) is 9.87. The third kappa shape index (κ3) is 6.34. The predicted octanol–water partition coefficient (Wildman–Crippen LogP) is 4.83. The number of hydrogen-bond acceptors (Lipinski definition) is 8. The SMILES string of the molecule is CCOc1cc(NC(=O)C(N=Nc2cc(OC)ccc2OC)C(C)=O)c(OCC)cc1Cl. The smallest absolute Gasteiger partial charge is 0.258 e. The molecule has 32 heavy (non-hydrogen) atoms. The van der Waals surface area contributed by atoms with Crippen molar-refractivity contribution in [3.63, 3.8) is 0 Å². The monoisotopic (exact) mass is 463 g/mol. The molecular formula is C22H26ClN3O6. The zero-order chi connectivity index (χ0) is 23.7. The molecule has 2 rings (SSSR count). The van der Waals surface area contributed by atoms with E-state index in [0.29, 0.717) is 52.6 Å². The summed E-state index contributed by atoms with van der Waals surface area (Å²) in [6.45, 7) is 5.59. The van der Waals surface area contributed by atoms with Gasteiger partial charge in [0, 0.05) is 18.2 Å². The molecule has 0 spiro atoms. The number of carbonyl (C=O) groups is 2. The fraction of sp³-hybridized carbons (Fsp3) is 0.364. The van der Waals surface area contributed by atoms with Crippen molar-refractivity contribution >= 4 is 34.7 Å². The van der Waals surface area contributed by atoms with Crippen molar-refractivity contribution in [2.75, 3.05) is 32.8 Å². The first kappa shape index (κ1) is 24.9. The minimum Gasteiger partial charge on any atom is -0.497 e. The number of halogens is 1. The molecule has 0 fully saturated rings. The normalized spacial score (nSPS) is 11.7. The maximum Gasteiger partial charge on any atom is 0.258 e. The quantitative estimate of drug-likeness (QED) is 0.377. The van der Waals surface area contributed by atoms with Crippen LogP contribution in [0.4, 0.5) is 11.4 Å². The van der Waals surface area contributed by atoms with Gasteiger partial charge in [-0.05, 0) is 32.9 Å². The molecule has 2 aromatic rings. The van der Waals surface area contributed by atoms with Crippen LogP contribution in [0.3, 0.4) is 0 Å². The van der Waals surface area contributed by atoms with Crippen molar-refractivity contribution < 1.29 is 28.5 Å². The molecule has 9 nitrogen and oxygen atoms in total. The van der Waals surface area contributed by atoms with Crippen LogP contribution in [-0.4, -0.2) is 45.2 Å². The molecule has 1 unspecified atom stereocenters. The van der Waals surface area contributed by atoms with Gasteiger partial charge in [-0.1, -0.05) is 11.6 Å². The van der Waals surface area contributed by atoms with Crippen molar-refractivity contribution in [1.82, 2.24) is 0 Å². The van der Waals surface area contributed by atoms with Gasteiger partial charge < -0.3 is 24.3 Å². The zero-order valence-corrected chi connectivity index (χ0v) is 19.4. The molecule has 10 heteroatoms. The summed E-state index contributed by atoms with van der Waals surface area (Å²) < 4.78 is 21.5. The maximum atomic E-state index is 12.9. The molecule has 0 aromatic heterocycles. The van der Waals surface area contributed by atoms with Gasteiger partial charge in [0.1, 0.15) is 28.7 Å². The number of amides is 1. The number of anilines is 1. The average molecular weight is 464 g/mol. The van der Waals surface area contributed by atoms with Crippen LogP contribution in [0.15, 0.2) is 40.6 Å². The fourth-order valence-electron chi connectivity index (χ4n) is 2.69. The minimum atomic E-state index is -1.40. The van der Waals surface area contributed by atoms with E-state index in [9.17, 15) is 9.59 Å². The van der Waals surface area contributed by atoms with Gasteiger partial charge >= 0.3 is 0 Å². The summed E-state index contributed by atoms with van der Waals surface area (Å²) >= 11 is 6.21. The summed E-state index contributed by atoms with van der Waals surface area (Å²) in [7, 11) is 2.98. The Morgan fingerprint density at radius 3 is 2.28 bits per heavy atom. The highest BCUT2D eigenvalue weighted by Crippen LogP contribution is 2.37. The molecule has 172 valence electrons. The van der Waals surface area contributed by atoms with Crippen LogP contribution < -0.4 is 24.3 Å². The van der Waals surface area contributed by atoms with Crippen LogP contribution in [0.5, 0.6) is 23.0 Å². The number of hydrogen-bond donors (Lipinski definition) is 1. The van der Waals surface area contributed by atoms with E-state index in [1.54, 1.807) is 25.1 Å². The second-order valence-electron chi connectivity index (χ2n) is 6.40. The van der Waals surface area contributed by atoms with Crippen molar-refractivity contribution in [3.05, 3.63) is 35.4 Å². The molecule has 1 atom stereocenters. The number of nitrogens with one attached hydrogen (secondary N) is 1. The number of rotatable bonds is 11. The summed E-state index contributed by atoms with van der Waals surface area (Å²) in [4.78, 5) is 25.1. The molecule has 0 heterocycles. The maximum absolute atomic E-state index is 12.9. The number of nitrogens with zero attached hydrogens (tertiary/aromatic N) is 2. The van der Waals surface area contributed by atoms with E-state index >= 15 is 0 Å². The van der Waals surface area contributed by atoms with Crippen molar-refractivity contribution in [2.45, 2.75) is 26.8 Å². The van der Waals surface area contributed by atoms with Gasteiger partial charge in [-0.25, -0.2) is 0 Å². The van der Waals surface area contributed by atoms with E-state index in [-0.39, 0.29) is 0 Å². The lowest BCUT2D eigenvalue weighted by Gasteiger charge is -2.16. The van der Waals surface area contributed by atoms with Crippen LogP contribution in [-0.2, 0) is 9.59 Å². The first-order chi connectivity index (χ1) is 15.3. The molecule has 1 N–H and O–H groups in total. The van der Waals surface area contributed by atoms with E-state index in [4.69, 9.17) is 30.5 Å². The second kappa shape index (κ2) is 11.9. The zero-order valence-electron chi connectivity index (χ0n) is 18.6. The van der Waals surface area contributed by atoms with Crippen molar-refractivity contribution in [3.8, 4) is 23.0 Å². The number of ketones is 1. The number of azo groups is 1. The lowest BCUT2D eigenvalue weighted by Crippen LogP contribution is -2.32. The molecule has 0 radical (unpaired) electrons. The largest absolute Gasteiger partial charge is 0.497 e. The first-order valence-corrected chi connectivity index (χ1v) is 10.3. The minimum absolute atomic E-state index is 0.296. The highest BCUT2D eigenvalue weighted by atomic mass is 35.5. The molecule has 0 bridgehead atoms. The van der Waals surface area contributed by atoms with Gasteiger partial charge in [0.05, 0.1) is 38.1 Å². The van der Waals surface area contributed by atoms with Crippen LogP contribution in [0, 0.1) is 0 Å². The molecular weight excluding hydrogens is 438 g/mol. The Kier molecular flexibility index (Phi) is 9.27. The Labute approximate surface area is 191 Å². The standard InChI is InChI=1S/C22H26ClN3O6/c1-6-31-19-12-16(20(32-7-2)11-15(19)23)24-22(28)21(13(3)27)26-25-17-10-14(29-4)8-9-18(17)30-5/h8-12,21H,6-7H2,1-5H3,(H,24,28). The number of ether oxygens (including phenoxy) is 4. The summed E-state index contributed by atoms with van der Waals surface area (Å²) in [5.41, 5.74) is 0.608. The summed E-state index contributed by atoms with van der Waals surface area (Å²) in [5.74, 6) is 0.460. The Balaban J connectivity index is 2.34. The molecule has 0 aliphatic rings. The van der Waals surface area contributed by atoms with Gasteiger partial charge in [0.25, 0.3) is 5.91 Å². The van der Waals surface area contributed by atoms with Gasteiger partial charge in [-0.2, -0.15) is 10.2 Å². The third-order valence-electron chi connectivity index (χ3n) is 4.19. The number of Topliss-reactive ketones (excluding diaryl/α,β-unsaturated/α-hetero) is 1. The van der Waals surface area contributed by atoms with E-state index < -0.39 is 17.7 Å². The van der Waals surface area contributed by atoms with Gasteiger partial charge in [-0.15, -0.1) is 0 Å². The van der Waals surface area contributed by atoms with E-state index in [2.05, 4.69) is 15.5 Å². The molecule has 0 saturated carbocycles. The number of methoxy groups -OCH3 is 2. The Bertz CT molecular complexity index is 996. The molecule has 0 saturated heterocycles. The topological polar surface area (TPSA) is 108 Å². The van der Waals surface area contributed by atoms with Gasteiger partial charge in [-0.3, -0.25) is 9.59 Å². The van der Waals surface area contributed by atoms with Crippen LogP contribution in [0.1, 0.15) is 20.8 Å². The number of benzene rings is 2. The molecule has 0 aliphatic heterocycles. The van der Waals surface area contributed by atoms with E-state index in [0.717, 1.165) is 0 Å². The second-order valence-corrected chi connectivity index (χ2v) is 6.81. The Morgan fingerprint density at radius 1 is 1.00 bits per heavy atom. The van der Waals surface area contributed by atoms with E-state index in [1.807, 2.05) is 6.92 Å². The summed E-state index contributed by atoms with van der Waals surface area (Å²) in [6.07, 6.45) is 0.